The van der Waals surface area contributed by atoms with Crippen LogP contribution in [-0.4, -0.2) is 28.6 Å². The second kappa shape index (κ2) is 6.17. The quantitative estimate of drug-likeness (QED) is 0.664. The van der Waals surface area contributed by atoms with Gasteiger partial charge in [0.2, 0.25) is 0 Å². The Bertz CT molecular complexity index is 908. The molecule has 0 N–H and O–H groups in total. The maximum absolute atomic E-state index is 12.2. The Morgan fingerprint density at radius 1 is 1.13 bits per heavy atom. The minimum atomic E-state index is -3.75. The van der Waals surface area contributed by atoms with Gasteiger partial charge in [-0.15, -0.1) is 5.10 Å². The Morgan fingerprint density at radius 2 is 1.96 bits per heavy atom. The molecule has 1 heterocycles. The van der Waals surface area contributed by atoms with Crippen LogP contribution in [0.3, 0.4) is 0 Å². The summed E-state index contributed by atoms with van der Waals surface area (Å²) in [7, 11) is -3.75. The normalized spacial score (nSPS) is 11.3. The van der Waals surface area contributed by atoms with Crippen molar-refractivity contribution < 1.29 is 12.6 Å². The van der Waals surface area contributed by atoms with Gasteiger partial charge in [0, 0.05) is 6.07 Å². The molecule has 0 atom stereocenters. The molecule has 23 heavy (non-hydrogen) atoms. The predicted octanol–water partition coefficient (Wildman–Crippen LogP) is 1.88. The predicted molar refractivity (Wildman–Crippen MR) is 83.6 cm³/mol. The van der Waals surface area contributed by atoms with Gasteiger partial charge in [-0.25, -0.2) is 4.68 Å². The van der Waals surface area contributed by atoms with Crippen molar-refractivity contribution in [3.63, 3.8) is 0 Å². The van der Waals surface area contributed by atoms with E-state index in [0.29, 0.717) is 11.3 Å². The van der Waals surface area contributed by atoms with E-state index in [2.05, 4.69) is 15.5 Å². The summed E-state index contributed by atoms with van der Waals surface area (Å²) in [6.45, 7) is 1.91. The Balaban J connectivity index is 1.79. The van der Waals surface area contributed by atoms with Gasteiger partial charge in [-0.1, -0.05) is 35.9 Å². The average molecular weight is 330 g/mol. The second-order valence-electron chi connectivity index (χ2n) is 5.03. The fourth-order valence-electron chi connectivity index (χ4n) is 2.14. The lowest BCUT2D eigenvalue weighted by molar-refractivity contribution is 0.485. The topological polar surface area (TPSA) is 87.0 Å². The van der Waals surface area contributed by atoms with Gasteiger partial charge in [0.25, 0.3) is 0 Å². The van der Waals surface area contributed by atoms with E-state index in [9.17, 15) is 8.42 Å². The average Bonchev–Trinajstić information content (AvgIpc) is 3.00. The Morgan fingerprint density at radius 3 is 2.70 bits per heavy atom. The monoisotopic (exact) mass is 330 g/mol. The number of nitrogens with zero attached hydrogens (tertiary/aromatic N) is 4. The molecule has 0 saturated heterocycles. The highest BCUT2D eigenvalue weighted by molar-refractivity contribution is 7.86. The van der Waals surface area contributed by atoms with Crippen LogP contribution in [0.5, 0.6) is 5.75 Å². The summed E-state index contributed by atoms with van der Waals surface area (Å²) in [4.78, 5) is 0. The van der Waals surface area contributed by atoms with Gasteiger partial charge < -0.3 is 4.18 Å². The first-order chi connectivity index (χ1) is 11.0. The number of rotatable bonds is 5. The molecule has 118 valence electrons. The summed E-state index contributed by atoms with van der Waals surface area (Å²) in [5, 5.41) is 10.8. The largest absolute Gasteiger partial charge is 0.382 e. The second-order valence-corrected chi connectivity index (χ2v) is 6.60. The fraction of sp³-hybridized carbons (Fsp3) is 0.133. The lowest BCUT2D eigenvalue weighted by Gasteiger charge is -2.08. The van der Waals surface area contributed by atoms with E-state index in [1.165, 1.54) is 11.0 Å². The number of tetrazole rings is 1. The summed E-state index contributed by atoms with van der Waals surface area (Å²) >= 11 is 0. The number of aromatic nitrogens is 4. The SMILES string of the molecule is Cc1cccc(CS(=O)(=O)Oc2cccc(-n3cnnn3)c2)c1. The summed E-state index contributed by atoms with van der Waals surface area (Å²) in [6, 6.07) is 13.9. The van der Waals surface area contributed by atoms with Gasteiger partial charge in [-0.2, -0.15) is 8.42 Å². The third-order valence-electron chi connectivity index (χ3n) is 3.08. The molecule has 8 heteroatoms. The highest BCUT2D eigenvalue weighted by Crippen LogP contribution is 2.19. The van der Waals surface area contributed by atoms with E-state index >= 15 is 0 Å². The molecule has 2 aromatic carbocycles. The highest BCUT2D eigenvalue weighted by Gasteiger charge is 2.15. The maximum Gasteiger partial charge on any atom is 0.313 e. The molecule has 0 aliphatic rings. The lowest BCUT2D eigenvalue weighted by Crippen LogP contribution is -2.12. The third-order valence-corrected chi connectivity index (χ3v) is 4.21. The molecule has 3 aromatic rings. The van der Waals surface area contributed by atoms with Gasteiger partial charge >= 0.3 is 10.1 Å². The van der Waals surface area contributed by atoms with Crippen LogP contribution in [0.15, 0.2) is 54.9 Å². The standard InChI is InChI=1S/C15H14N4O3S/c1-12-4-2-5-13(8-12)10-23(20,21)22-15-7-3-6-14(9-15)19-11-16-17-18-19/h2-9,11H,10H2,1H3. The number of hydrogen-bond donors (Lipinski definition) is 0. The van der Waals surface area contributed by atoms with Crippen LogP contribution in [0.2, 0.25) is 0 Å². The van der Waals surface area contributed by atoms with E-state index in [4.69, 9.17) is 4.18 Å². The molecular weight excluding hydrogens is 316 g/mol. The van der Waals surface area contributed by atoms with Crippen LogP contribution < -0.4 is 4.18 Å². The van der Waals surface area contributed by atoms with Crippen LogP contribution in [0.4, 0.5) is 0 Å². The molecule has 0 saturated carbocycles. The molecule has 0 amide bonds. The van der Waals surface area contributed by atoms with Crippen molar-refractivity contribution >= 4 is 10.1 Å². The molecule has 0 fully saturated rings. The molecule has 7 nitrogen and oxygen atoms in total. The van der Waals surface area contributed by atoms with Gasteiger partial charge in [-0.05, 0) is 35.0 Å². The van der Waals surface area contributed by atoms with Crippen molar-refractivity contribution in [3.05, 3.63) is 66.0 Å². The van der Waals surface area contributed by atoms with Gasteiger partial charge in [0.15, 0.2) is 0 Å². The number of aryl methyl sites for hydroxylation is 1. The van der Waals surface area contributed by atoms with Crippen molar-refractivity contribution in [2.24, 2.45) is 0 Å². The zero-order valence-corrected chi connectivity index (χ0v) is 13.1. The Kier molecular flexibility index (Phi) is 4.07. The summed E-state index contributed by atoms with van der Waals surface area (Å²) < 4.78 is 31.0. The first kappa shape index (κ1) is 15.2. The maximum atomic E-state index is 12.2. The minimum absolute atomic E-state index is 0.191. The lowest BCUT2D eigenvalue weighted by atomic mass is 10.2. The highest BCUT2D eigenvalue weighted by atomic mass is 32.2. The molecule has 0 bridgehead atoms. The first-order valence-corrected chi connectivity index (χ1v) is 8.41. The van der Waals surface area contributed by atoms with Gasteiger partial charge in [0.05, 0.1) is 5.69 Å². The van der Waals surface area contributed by atoms with E-state index in [-0.39, 0.29) is 11.5 Å². The Labute approximate surface area is 133 Å². The third kappa shape index (κ3) is 3.92. The van der Waals surface area contributed by atoms with Crippen LogP contribution >= 0.6 is 0 Å². The summed E-state index contributed by atoms with van der Waals surface area (Å²) in [5.41, 5.74) is 2.29. The zero-order valence-electron chi connectivity index (χ0n) is 12.3. The summed E-state index contributed by atoms with van der Waals surface area (Å²) in [5.74, 6) is 0.0229. The molecule has 0 aliphatic carbocycles. The minimum Gasteiger partial charge on any atom is -0.382 e. The van der Waals surface area contributed by atoms with Gasteiger partial charge in [-0.3, -0.25) is 0 Å². The molecule has 0 aliphatic heterocycles. The fourth-order valence-corrected chi connectivity index (χ4v) is 3.18. The first-order valence-electron chi connectivity index (χ1n) is 6.83. The molecule has 0 radical (unpaired) electrons. The zero-order chi connectivity index (χ0) is 16.3. The smallest absolute Gasteiger partial charge is 0.313 e. The summed E-state index contributed by atoms with van der Waals surface area (Å²) in [6.07, 6.45) is 1.42. The van der Waals surface area contributed by atoms with Crippen molar-refractivity contribution in [2.45, 2.75) is 12.7 Å². The van der Waals surface area contributed by atoms with Crippen LogP contribution in [0.25, 0.3) is 5.69 Å². The molecule has 1 aromatic heterocycles. The van der Waals surface area contributed by atoms with E-state index < -0.39 is 10.1 Å². The van der Waals surface area contributed by atoms with Gasteiger partial charge in [0.1, 0.15) is 17.8 Å². The Hall–Kier alpha value is -2.74. The van der Waals surface area contributed by atoms with Crippen LogP contribution in [0, 0.1) is 6.92 Å². The van der Waals surface area contributed by atoms with Crippen molar-refractivity contribution in [2.75, 3.05) is 0 Å². The van der Waals surface area contributed by atoms with Crippen molar-refractivity contribution in [3.8, 4) is 11.4 Å². The van der Waals surface area contributed by atoms with Crippen LogP contribution in [0.1, 0.15) is 11.1 Å². The molecule has 0 spiro atoms. The molecule has 0 unspecified atom stereocenters. The van der Waals surface area contributed by atoms with E-state index in [1.54, 1.807) is 30.3 Å². The molecular formula is C15H14N4O3S. The van der Waals surface area contributed by atoms with Crippen molar-refractivity contribution in [1.82, 2.24) is 20.2 Å². The van der Waals surface area contributed by atoms with Crippen molar-refractivity contribution in [1.29, 1.82) is 0 Å². The number of benzene rings is 2. The van der Waals surface area contributed by atoms with E-state index in [1.807, 2.05) is 25.1 Å². The molecule has 3 rings (SSSR count). The van der Waals surface area contributed by atoms with Crippen LogP contribution in [-0.2, 0) is 15.9 Å². The number of hydrogen-bond acceptors (Lipinski definition) is 6. The van der Waals surface area contributed by atoms with E-state index in [0.717, 1.165) is 5.56 Å².